The number of hydrogen-bond acceptors (Lipinski definition) is 7. The van der Waals surface area contributed by atoms with Crippen molar-refractivity contribution in [2.24, 2.45) is 0 Å². The lowest BCUT2D eigenvalue weighted by atomic mass is 10.2. The van der Waals surface area contributed by atoms with Crippen molar-refractivity contribution in [3.63, 3.8) is 0 Å². The van der Waals surface area contributed by atoms with Gasteiger partial charge in [-0.3, -0.25) is 15.1 Å². The van der Waals surface area contributed by atoms with Crippen molar-refractivity contribution >= 4 is 28.1 Å². The van der Waals surface area contributed by atoms with E-state index in [1.54, 1.807) is 18.3 Å². The first-order valence-electron chi connectivity index (χ1n) is 8.46. The fourth-order valence-electron chi connectivity index (χ4n) is 2.73. The maximum absolute atomic E-state index is 11.7. The molecule has 0 saturated carbocycles. The summed E-state index contributed by atoms with van der Waals surface area (Å²) in [6, 6.07) is 16.5. The third-order valence-corrected chi connectivity index (χ3v) is 4.09. The van der Waals surface area contributed by atoms with Crippen LogP contribution in [0.5, 0.6) is 11.6 Å². The van der Waals surface area contributed by atoms with Crippen LogP contribution >= 0.6 is 0 Å². The predicted molar refractivity (Wildman–Crippen MR) is 105 cm³/mol. The molecule has 4 rings (SSSR count). The van der Waals surface area contributed by atoms with Crippen LogP contribution in [0.1, 0.15) is 5.56 Å². The van der Waals surface area contributed by atoms with Gasteiger partial charge in [-0.15, -0.1) is 0 Å². The van der Waals surface area contributed by atoms with Crippen LogP contribution in [0.25, 0.3) is 10.9 Å². The number of aryl methyl sites for hydroxylation is 1. The SMILES string of the molecule is Cc1ccc(Nc2ncnc(Oc3cccc4cccnc34)c2[N+](=O)[O-])cc1. The minimum atomic E-state index is -0.565. The topological polar surface area (TPSA) is 103 Å². The molecule has 138 valence electrons. The monoisotopic (exact) mass is 373 g/mol. The number of ether oxygens (including phenoxy) is 1. The number of para-hydroxylation sites is 1. The second-order valence-electron chi connectivity index (χ2n) is 6.06. The van der Waals surface area contributed by atoms with E-state index in [0.717, 1.165) is 10.9 Å². The third kappa shape index (κ3) is 3.43. The summed E-state index contributed by atoms with van der Waals surface area (Å²) in [6.45, 7) is 1.96. The minimum Gasteiger partial charge on any atom is -0.431 e. The molecule has 2 heterocycles. The molecule has 1 N–H and O–H groups in total. The van der Waals surface area contributed by atoms with Crippen LogP contribution in [-0.4, -0.2) is 19.9 Å². The van der Waals surface area contributed by atoms with Crippen LogP contribution < -0.4 is 10.1 Å². The van der Waals surface area contributed by atoms with Gasteiger partial charge in [0, 0.05) is 17.3 Å². The maximum atomic E-state index is 11.7. The van der Waals surface area contributed by atoms with Crippen molar-refractivity contribution in [1.29, 1.82) is 0 Å². The second-order valence-corrected chi connectivity index (χ2v) is 6.06. The first kappa shape index (κ1) is 17.3. The normalized spacial score (nSPS) is 10.6. The molecule has 0 spiro atoms. The summed E-state index contributed by atoms with van der Waals surface area (Å²) < 4.78 is 5.79. The van der Waals surface area contributed by atoms with Crippen LogP contribution in [0.2, 0.25) is 0 Å². The van der Waals surface area contributed by atoms with E-state index in [1.807, 2.05) is 49.4 Å². The number of hydrogen-bond donors (Lipinski definition) is 1. The number of rotatable bonds is 5. The molecule has 0 aliphatic heterocycles. The molecule has 0 aliphatic carbocycles. The highest BCUT2D eigenvalue weighted by molar-refractivity contribution is 5.84. The number of benzene rings is 2. The van der Waals surface area contributed by atoms with E-state index >= 15 is 0 Å². The number of anilines is 2. The summed E-state index contributed by atoms with van der Waals surface area (Å²) in [5.74, 6) is 0.265. The molecule has 0 aliphatic rings. The summed E-state index contributed by atoms with van der Waals surface area (Å²) in [4.78, 5) is 23.5. The van der Waals surface area contributed by atoms with Crippen LogP contribution in [0, 0.1) is 17.0 Å². The van der Waals surface area contributed by atoms with E-state index in [9.17, 15) is 10.1 Å². The average Bonchev–Trinajstić information content (AvgIpc) is 2.70. The first-order valence-corrected chi connectivity index (χ1v) is 8.46. The van der Waals surface area contributed by atoms with Gasteiger partial charge < -0.3 is 10.1 Å². The highest BCUT2D eigenvalue weighted by atomic mass is 16.6. The zero-order valence-corrected chi connectivity index (χ0v) is 14.9. The van der Waals surface area contributed by atoms with Gasteiger partial charge >= 0.3 is 11.6 Å². The quantitative estimate of drug-likeness (QED) is 0.397. The van der Waals surface area contributed by atoms with E-state index in [4.69, 9.17) is 4.74 Å². The molecule has 8 nitrogen and oxygen atoms in total. The Morgan fingerprint density at radius 2 is 1.79 bits per heavy atom. The summed E-state index contributed by atoms with van der Waals surface area (Å²) in [7, 11) is 0. The van der Waals surface area contributed by atoms with Crippen LogP contribution in [0.15, 0.2) is 67.1 Å². The molecule has 8 heteroatoms. The standard InChI is InChI=1S/C20H15N5O3/c1-13-7-9-15(10-8-13)24-19-18(25(26)27)20(23-12-22-19)28-16-6-2-4-14-5-3-11-21-17(14)16/h2-12H,1H3,(H,22,23,24). The highest BCUT2D eigenvalue weighted by Crippen LogP contribution is 2.37. The predicted octanol–water partition coefficient (Wildman–Crippen LogP) is 4.78. The molecule has 28 heavy (non-hydrogen) atoms. The number of nitrogens with one attached hydrogen (secondary N) is 1. The molecular formula is C20H15N5O3. The molecule has 0 amide bonds. The van der Waals surface area contributed by atoms with Crippen molar-refractivity contribution in [2.75, 3.05) is 5.32 Å². The molecule has 2 aromatic carbocycles. The summed E-state index contributed by atoms with van der Waals surface area (Å²) >= 11 is 0. The Balaban J connectivity index is 1.74. The van der Waals surface area contributed by atoms with Gasteiger partial charge in [0.05, 0.1) is 4.92 Å². The zero-order chi connectivity index (χ0) is 19.5. The van der Waals surface area contributed by atoms with Gasteiger partial charge in [0.2, 0.25) is 5.82 Å². The number of fused-ring (bicyclic) bond motifs is 1. The van der Waals surface area contributed by atoms with Crippen molar-refractivity contribution in [1.82, 2.24) is 15.0 Å². The Morgan fingerprint density at radius 1 is 1.00 bits per heavy atom. The average molecular weight is 373 g/mol. The first-order chi connectivity index (χ1) is 13.6. The number of pyridine rings is 1. The molecule has 4 aromatic rings. The van der Waals surface area contributed by atoms with E-state index in [2.05, 4.69) is 20.3 Å². The molecule has 0 saturated heterocycles. The molecule has 0 atom stereocenters. The lowest BCUT2D eigenvalue weighted by Gasteiger charge is -2.10. The van der Waals surface area contributed by atoms with Crippen LogP contribution in [0.4, 0.5) is 17.2 Å². The zero-order valence-electron chi connectivity index (χ0n) is 14.9. The number of nitrogens with zero attached hydrogens (tertiary/aromatic N) is 4. The maximum Gasteiger partial charge on any atom is 0.373 e. The molecule has 0 unspecified atom stereocenters. The van der Waals surface area contributed by atoms with E-state index in [1.165, 1.54) is 6.33 Å². The van der Waals surface area contributed by atoms with E-state index in [0.29, 0.717) is 17.0 Å². The fraction of sp³-hybridized carbons (Fsp3) is 0.0500. The Labute approximate surface area is 160 Å². The van der Waals surface area contributed by atoms with Crippen LogP contribution in [-0.2, 0) is 0 Å². The lowest BCUT2D eigenvalue weighted by Crippen LogP contribution is -2.03. The van der Waals surface area contributed by atoms with Gasteiger partial charge in [-0.05, 0) is 31.2 Å². The van der Waals surface area contributed by atoms with Crippen molar-refractivity contribution in [2.45, 2.75) is 6.92 Å². The largest absolute Gasteiger partial charge is 0.431 e. The van der Waals surface area contributed by atoms with Gasteiger partial charge in [0.25, 0.3) is 0 Å². The van der Waals surface area contributed by atoms with Crippen LogP contribution in [0.3, 0.4) is 0 Å². The third-order valence-electron chi connectivity index (χ3n) is 4.09. The van der Waals surface area contributed by atoms with Crippen molar-refractivity contribution < 1.29 is 9.66 Å². The molecule has 0 bridgehead atoms. The fourth-order valence-corrected chi connectivity index (χ4v) is 2.73. The van der Waals surface area contributed by atoms with Gasteiger partial charge in [-0.2, -0.15) is 4.98 Å². The number of aromatic nitrogens is 3. The molecule has 0 fully saturated rings. The Kier molecular flexibility index (Phi) is 4.51. The second kappa shape index (κ2) is 7.28. The molecular weight excluding hydrogens is 358 g/mol. The summed E-state index contributed by atoms with van der Waals surface area (Å²) in [5, 5.41) is 15.5. The smallest absolute Gasteiger partial charge is 0.373 e. The highest BCUT2D eigenvalue weighted by Gasteiger charge is 2.25. The van der Waals surface area contributed by atoms with Crippen molar-refractivity contribution in [3.05, 3.63) is 82.8 Å². The Bertz CT molecular complexity index is 1160. The molecule has 2 aromatic heterocycles. The van der Waals surface area contributed by atoms with E-state index < -0.39 is 4.92 Å². The van der Waals surface area contributed by atoms with Crippen molar-refractivity contribution in [3.8, 4) is 11.6 Å². The lowest BCUT2D eigenvalue weighted by molar-refractivity contribution is -0.385. The summed E-state index contributed by atoms with van der Waals surface area (Å²) in [5.41, 5.74) is 1.99. The Hall–Kier alpha value is -4.07. The van der Waals surface area contributed by atoms with Gasteiger partial charge in [0.15, 0.2) is 5.75 Å². The van der Waals surface area contributed by atoms with E-state index in [-0.39, 0.29) is 17.4 Å². The van der Waals surface area contributed by atoms with Gasteiger partial charge in [-0.25, -0.2) is 4.98 Å². The minimum absolute atomic E-state index is 0.0482. The van der Waals surface area contributed by atoms with Gasteiger partial charge in [-0.1, -0.05) is 35.9 Å². The number of nitro groups is 1. The van der Waals surface area contributed by atoms with Gasteiger partial charge in [0.1, 0.15) is 11.8 Å². The molecule has 0 radical (unpaired) electrons. The summed E-state index contributed by atoms with van der Waals surface area (Å²) in [6.07, 6.45) is 2.85. The Morgan fingerprint density at radius 3 is 2.57 bits per heavy atom.